The Morgan fingerprint density at radius 2 is 2.00 bits per heavy atom. The van der Waals surface area contributed by atoms with E-state index in [4.69, 9.17) is 0 Å². The second kappa shape index (κ2) is 4.65. The molecule has 1 aromatic rings. The SMILES string of the molecule is Cc1cc(F)ccc1C(C)(C)CC(C)Br. The summed E-state index contributed by atoms with van der Waals surface area (Å²) in [7, 11) is 0. The molecule has 0 heterocycles. The van der Waals surface area contributed by atoms with E-state index in [9.17, 15) is 4.39 Å². The van der Waals surface area contributed by atoms with Crippen molar-refractivity contribution in [2.24, 2.45) is 0 Å². The van der Waals surface area contributed by atoms with Crippen molar-refractivity contribution >= 4 is 15.9 Å². The first-order valence-electron chi connectivity index (χ1n) is 5.23. The zero-order valence-electron chi connectivity index (χ0n) is 9.77. The standard InChI is InChI=1S/C13H18BrF/c1-9-7-11(15)5-6-12(9)13(3,4)8-10(2)14/h5-7,10H,8H2,1-4H3. The third kappa shape index (κ3) is 3.30. The Hall–Kier alpha value is -0.370. The van der Waals surface area contributed by atoms with Crippen LogP contribution in [0.4, 0.5) is 4.39 Å². The largest absolute Gasteiger partial charge is 0.207 e. The van der Waals surface area contributed by atoms with E-state index in [1.807, 2.05) is 13.0 Å². The molecule has 0 N–H and O–H groups in total. The molecule has 0 aromatic heterocycles. The van der Waals surface area contributed by atoms with Crippen molar-refractivity contribution in [3.05, 3.63) is 35.1 Å². The van der Waals surface area contributed by atoms with E-state index >= 15 is 0 Å². The van der Waals surface area contributed by atoms with Gasteiger partial charge >= 0.3 is 0 Å². The van der Waals surface area contributed by atoms with E-state index in [1.165, 1.54) is 5.56 Å². The Kier molecular flexibility index (Phi) is 3.93. The van der Waals surface area contributed by atoms with E-state index in [2.05, 4.69) is 36.7 Å². The molecule has 0 bridgehead atoms. The highest BCUT2D eigenvalue weighted by atomic mass is 79.9. The van der Waals surface area contributed by atoms with Crippen molar-refractivity contribution in [2.45, 2.75) is 44.4 Å². The van der Waals surface area contributed by atoms with Crippen LogP contribution in [0.25, 0.3) is 0 Å². The van der Waals surface area contributed by atoms with Gasteiger partial charge in [0.15, 0.2) is 0 Å². The van der Waals surface area contributed by atoms with Crippen LogP contribution >= 0.6 is 15.9 Å². The number of rotatable bonds is 3. The molecule has 2 heteroatoms. The first-order chi connectivity index (χ1) is 6.83. The van der Waals surface area contributed by atoms with E-state index in [-0.39, 0.29) is 11.2 Å². The molecule has 0 aliphatic rings. The number of halogens is 2. The zero-order chi connectivity index (χ0) is 11.6. The molecule has 0 saturated carbocycles. The molecule has 0 amide bonds. The second-order valence-corrected chi connectivity index (χ2v) is 6.39. The molecule has 1 unspecified atom stereocenters. The van der Waals surface area contributed by atoms with Crippen molar-refractivity contribution in [2.75, 3.05) is 0 Å². The minimum atomic E-state index is -0.154. The third-order valence-corrected chi connectivity index (χ3v) is 3.03. The molecule has 0 spiro atoms. The van der Waals surface area contributed by atoms with Crippen molar-refractivity contribution in [1.29, 1.82) is 0 Å². The summed E-state index contributed by atoms with van der Waals surface area (Å²) in [4.78, 5) is 0.469. The van der Waals surface area contributed by atoms with Crippen molar-refractivity contribution in [3.63, 3.8) is 0 Å². The van der Waals surface area contributed by atoms with Gasteiger partial charge in [-0.05, 0) is 42.0 Å². The van der Waals surface area contributed by atoms with Crippen LogP contribution in [-0.4, -0.2) is 4.83 Å². The lowest BCUT2D eigenvalue weighted by atomic mass is 9.78. The van der Waals surface area contributed by atoms with Gasteiger partial charge < -0.3 is 0 Å². The minimum Gasteiger partial charge on any atom is -0.207 e. The van der Waals surface area contributed by atoms with Gasteiger partial charge in [-0.15, -0.1) is 0 Å². The quantitative estimate of drug-likeness (QED) is 0.707. The number of alkyl halides is 1. The monoisotopic (exact) mass is 272 g/mol. The molecule has 1 rings (SSSR count). The topological polar surface area (TPSA) is 0 Å². The second-order valence-electron chi connectivity index (χ2n) is 4.83. The fraction of sp³-hybridized carbons (Fsp3) is 0.538. The maximum Gasteiger partial charge on any atom is 0.123 e. The first-order valence-corrected chi connectivity index (χ1v) is 6.15. The molecule has 0 saturated heterocycles. The molecular formula is C13H18BrF. The smallest absolute Gasteiger partial charge is 0.123 e. The van der Waals surface area contributed by atoms with Gasteiger partial charge in [0.05, 0.1) is 0 Å². The summed E-state index contributed by atoms with van der Waals surface area (Å²) in [5.41, 5.74) is 2.35. The average molecular weight is 273 g/mol. The first kappa shape index (κ1) is 12.7. The molecule has 0 nitrogen and oxygen atoms in total. The van der Waals surface area contributed by atoms with Gasteiger partial charge in [0.25, 0.3) is 0 Å². The Balaban J connectivity index is 3.04. The fourth-order valence-corrected chi connectivity index (χ4v) is 3.01. The van der Waals surface area contributed by atoms with Crippen LogP contribution in [0.15, 0.2) is 18.2 Å². The summed E-state index contributed by atoms with van der Waals surface area (Å²) in [5, 5.41) is 0. The number of hydrogen-bond acceptors (Lipinski definition) is 0. The zero-order valence-corrected chi connectivity index (χ0v) is 11.4. The molecule has 1 aromatic carbocycles. The van der Waals surface area contributed by atoms with E-state index in [0.717, 1.165) is 12.0 Å². The molecule has 0 aliphatic carbocycles. The maximum absolute atomic E-state index is 13.0. The van der Waals surface area contributed by atoms with Crippen molar-refractivity contribution < 1.29 is 4.39 Å². The average Bonchev–Trinajstić information content (AvgIpc) is 1.99. The third-order valence-electron chi connectivity index (χ3n) is 2.71. The Bertz CT molecular complexity index is 342. The molecular weight excluding hydrogens is 255 g/mol. The number of hydrogen-bond donors (Lipinski definition) is 0. The van der Waals surface area contributed by atoms with Gasteiger partial charge in [0, 0.05) is 4.83 Å². The highest BCUT2D eigenvalue weighted by Gasteiger charge is 2.24. The van der Waals surface area contributed by atoms with Crippen molar-refractivity contribution in [3.8, 4) is 0 Å². The predicted octanol–water partition coefficient (Wildman–Crippen LogP) is 4.59. The van der Waals surface area contributed by atoms with E-state index in [0.29, 0.717) is 4.83 Å². The fourth-order valence-electron chi connectivity index (χ4n) is 2.20. The maximum atomic E-state index is 13.0. The van der Waals surface area contributed by atoms with E-state index in [1.54, 1.807) is 12.1 Å². The number of aryl methyl sites for hydroxylation is 1. The highest BCUT2D eigenvalue weighted by Crippen LogP contribution is 2.32. The van der Waals surface area contributed by atoms with Gasteiger partial charge in [-0.3, -0.25) is 0 Å². The summed E-state index contributed by atoms with van der Waals surface area (Å²) in [5.74, 6) is -0.154. The van der Waals surface area contributed by atoms with Crippen LogP contribution in [0.2, 0.25) is 0 Å². The molecule has 1 atom stereocenters. The van der Waals surface area contributed by atoms with Gasteiger partial charge in [0.2, 0.25) is 0 Å². The summed E-state index contributed by atoms with van der Waals surface area (Å²) < 4.78 is 13.0. The van der Waals surface area contributed by atoms with Gasteiger partial charge in [0.1, 0.15) is 5.82 Å². The predicted molar refractivity (Wildman–Crippen MR) is 67.2 cm³/mol. The van der Waals surface area contributed by atoms with Crippen LogP contribution in [0.3, 0.4) is 0 Å². The minimum absolute atomic E-state index is 0.0840. The van der Waals surface area contributed by atoms with Gasteiger partial charge in [-0.1, -0.05) is 42.8 Å². The summed E-state index contributed by atoms with van der Waals surface area (Å²) in [6.45, 7) is 8.51. The summed E-state index contributed by atoms with van der Waals surface area (Å²) in [6, 6.07) is 5.05. The van der Waals surface area contributed by atoms with Crippen LogP contribution in [-0.2, 0) is 5.41 Å². The summed E-state index contributed by atoms with van der Waals surface area (Å²) >= 11 is 3.57. The lowest BCUT2D eigenvalue weighted by molar-refractivity contribution is 0.478. The molecule has 0 aliphatic heterocycles. The molecule has 0 fully saturated rings. The Labute approximate surface area is 100 Å². The Morgan fingerprint density at radius 3 is 2.47 bits per heavy atom. The van der Waals surface area contributed by atoms with Crippen LogP contribution < -0.4 is 0 Å². The normalized spacial score (nSPS) is 14.0. The Morgan fingerprint density at radius 1 is 1.40 bits per heavy atom. The van der Waals surface area contributed by atoms with Crippen molar-refractivity contribution in [1.82, 2.24) is 0 Å². The lowest BCUT2D eigenvalue weighted by Gasteiger charge is -2.28. The lowest BCUT2D eigenvalue weighted by Crippen LogP contribution is -2.22. The molecule has 15 heavy (non-hydrogen) atoms. The van der Waals surface area contributed by atoms with Crippen LogP contribution in [0, 0.1) is 12.7 Å². The van der Waals surface area contributed by atoms with E-state index < -0.39 is 0 Å². The van der Waals surface area contributed by atoms with Gasteiger partial charge in [-0.25, -0.2) is 4.39 Å². The molecule has 0 radical (unpaired) electrons. The number of benzene rings is 1. The highest BCUT2D eigenvalue weighted by molar-refractivity contribution is 9.09. The summed E-state index contributed by atoms with van der Waals surface area (Å²) in [6.07, 6.45) is 1.04. The van der Waals surface area contributed by atoms with Gasteiger partial charge in [-0.2, -0.15) is 0 Å². The van der Waals surface area contributed by atoms with Crippen LogP contribution in [0.1, 0.15) is 38.3 Å². The molecule has 84 valence electrons. The van der Waals surface area contributed by atoms with Crippen LogP contribution in [0.5, 0.6) is 0 Å².